The van der Waals surface area contributed by atoms with Crippen molar-refractivity contribution in [1.29, 1.82) is 0 Å². The van der Waals surface area contributed by atoms with Gasteiger partial charge < -0.3 is 5.32 Å². The molecule has 1 aromatic carbocycles. The number of benzene rings is 1. The van der Waals surface area contributed by atoms with E-state index in [2.05, 4.69) is 43.4 Å². The maximum atomic E-state index is 11.4. The van der Waals surface area contributed by atoms with Gasteiger partial charge in [0.1, 0.15) is 0 Å². The molecule has 3 nitrogen and oxygen atoms in total. The summed E-state index contributed by atoms with van der Waals surface area (Å²) in [6.45, 7) is 4.25. The van der Waals surface area contributed by atoms with Gasteiger partial charge in [-0.15, -0.1) is 0 Å². The van der Waals surface area contributed by atoms with E-state index in [9.17, 15) is 8.42 Å². The van der Waals surface area contributed by atoms with Crippen molar-refractivity contribution in [3.05, 3.63) is 35.4 Å². The quantitative estimate of drug-likeness (QED) is 0.899. The second-order valence-corrected chi connectivity index (χ2v) is 7.92. The molecule has 1 heterocycles. The third-order valence-electron chi connectivity index (χ3n) is 3.70. The van der Waals surface area contributed by atoms with Crippen molar-refractivity contribution < 1.29 is 8.42 Å². The Morgan fingerprint density at radius 3 is 2.84 bits per heavy atom. The Kier molecular flexibility index (Phi) is 4.63. The SMILES string of the molecule is Cc1cccc(CCC(C)NC2CCS(=O)(=O)C2)c1. The number of nitrogens with one attached hydrogen (secondary N) is 1. The maximum absolute atomic E-state index is 11.4. The summed E-state index contributed by atoms with van der Waals surface area (Å²) in [6, 6.07) is 9.07. The molecule has 2 atom stereocenters. The highest BCUT2D eigenvalue weighted by Crippen LogP contribution is 2.13. The fraction of sp³-hybridized carbons (Fsp3) is 0.600. The van der Waals surface area contributed by atoms with Gasteiger partial charge in [-0.25, -0.2) is 8.42 Å². The highest BCUT2D eigenvalue weighted by Gasteiger charge is 2.28. The fourth-order valence-electron chi connectivity index (χ4n) is 2.66. The predicted molar refractivity (Wildman–Crippen MR) is 79.2 cm³/mol. The number of hydrogen-bond acceptors (Lipinski definition) is 3. The summed E-state index contributed by atoms with van der Waals surface area (Å²) in [5, 5.41) is 3.44. The van der Waals surface area contributed by atoms with Gasteiger partial charge in [-0.2, -0.15) is 0 Å². The standard InChI is InChI=1S/C15H23NO2S/c1-12-4-3-5-14(10-12)7-6-13(2)16-15-8-9-19(17,18)11-15/h3-5,10,13,15-16H,6-9,11H2,1-2H3. The van der Waals surface area contributed by atoms with Gasteiger partial charge in [-0.05, 0) is 38.7 Å². The zero-order valence-corrected chi connectivity index (χ0v) is 12.5. The number of aryl methyl sites for hydroxylation is 2. The Hall–Kier alpha value is -0.870. The van der Waals surface area contributed by atoms with Crippen LogP contribution in [0.3, 0.4) is 0 Å². The number of hydrogen-bond donors (Lipinski definition) is 1. The third-order valence-corrected chi connectivity index (χ3v) is 5.47. The molecular formula is C15H23NO2S. The molecule has 0 amide bonds. The van der Waals surface area contributed by atoms with Gasteiger partial charge in [0.2, 0.25) is 0 Å². The highest BCUT2D eigenvalue weighted by molar-refractivity contribution is 7.91. The molecule has 1 N–H and O–H groups in total. The van der Waals surface area contributed by atoms with Crippen molar-refractivity contribution in [2.75, 3.05) is 11.5 Å². The van der Waals surface area contributed by atoms with Crippen LogP contribution in [0.4, 0.5) is 0 Å². The van der Waals surface area contributed by atoms with E-state index in [1.54, 1.807) is 0 Å². The molecular weight excluding hydrogens is 258 g/mol. The minimum Gasteiger partial charge on any atom is -0.310 e. The van der Waals surface area contributed by atoms with Crippen LogP contribution < -0.4 is 5.32 Å². The first kappa shape index (κ1) is 14.5. The van der Waals surface area contributed by atoms with Crippen LogP contribution in [0.25, 0.3) is 0 Å². The zero-order valence-electron chi connectivity index (χ0n) is 11.7. The summed E-state index contributed by atoms with van der Waals surface area (Å²) in [5.41, 5.74) is 2.65. The molecule has 1 saturated heterocycles. The topological polar surface area (TPSA) is 46.2 Å². The van der Waals surface area contributed by atoms with E-state index in [-0.39, 0.29) is 6.04 Å². The van der Waals surface area contributed by atoms with Crippen LogP contribution in [-0.4, -0.2) is 32.0 Å². The summed E-state index contributed by atoms with van der Waals surface area (Å²) in [5.74, 6) is 0.650. The van der Waals surface area contributed by atoms with E-state index in [1.807, 2.05) is 0 Å². The van der Waals surface area contributed by atoms with Gasteiger partial charge in [0.15, 0.2) is 9.84 Å². The van der Waals surface area contributed by atoms with Crippen molar-refractivity contribution >= 4 is 9.84 Å². The van der Waals surface area contributed by atoms with Gasteiger partial charge in [0.25, 0.3) is 0 Å². The zero-order chi connectivity index (χ0) is 13.9. The highest BCUT2D eigenvalue weighted by atomic mass is 32.2. The Bertz CT molecular complexity index is 525. The van der Waals surface area contributed by atoms with E-state index >= 15 is 0 Å². The van der Waals surface area contributed by atoms with Crippen LogP contribution in [0.2, 0.25) is 0 Å². The average molecular weight is 281 g/mol. The molecule has 1 aliphatic heterocycles. The molecule has 1 aromatic rings. The molecule has 0 spiro atoms. The van der Waals surface area contributed by atoms with Crippen molar-refractivity contribution in [2.24, 2.45) is 0 Å². The molecule has 1 aliphatic rings. The summed E-state index contributed by atoms with van der Waals surface area (Å²) in [6.07, 6.45) is 2.84. The minimum absolute atomic E-state index is 0.150. The van der Waals surface area contributed by atoms with Crippen LogP contribution in [-0.2, 0) is 16.3 Å². The van der Waals surface area contributed by atoms with Gasteiger partial charge in [0.05, 0.1) is 11.5 Å². The van der Waals surface area contributed by atoms with E-state index in [1.165, 1.54) is 11.1 Å². The molecule has 2 rings (SSSR count). The lowest BCUT2D eigenvalue weighted by Crippen LogP contribution is -2.37. The van der Waals surface area contributed by atoms with Crippen LogP contribution in [0, 0.1) is 6.92 Å². The molecule has 4 heteroatoms. The first-order chi connectivity index (χ1) is 8.94. The Balaban J connectivity index is 1.77. The summed E-state index contributed by atoms with van der Waals surface area (Å²) in [7, 11) is -2.78. The van der Waals surface area contributed by atoms with E-state index in [0.717, 1.165) is 19.3 Å². The van der Waals surface area contributed by atoms with Crippen LogP contribution in [0.5, 0.6) is 0 Å². The fourth-order valence-corrected chi connectivity index (χ4v) is 4.35. The van der Waals surface area contributed by atoms with Crippen molar-refractivity contribution in [3.63, 3.8) is 0 Å². The van der Waals surface area contributed by atoms with Crippen molar-refractivity contribution in [2.45, 2.75) is 45.2 Å². The monoisotopic (exact) mass is 281 g/mol. The van der Waals surface area contributed by atoms with Gasteiger partial charge in [-0.3, -0.25) is 0 Å². The third kappa shape index (κ3) is 4.62. The van der Waals surface area contributed by atoms with Crippen molar-refractivity contribution in [3.8, 4) is 0 Å². The lowest BCUT2D eigenvalue weighted by Gasteiger charge is -2.18. The Labute approximate surface area is 116 Å². The maximum Gasteiger partial charge on any atom is 0.151 e. The van der Waals surface area contributed by atoms with E-state index < -0.39 is 9.84 Å². The summed E-state index contributed by atoms with van der Waals surface area (Å²) in [4.78, 5) is 0. The Morgan fingerprint density at radius 1 is 1.42 bits per heavy atom. The molecule has 0 saturated carbocycles. The van der Waals surface area contributed by atoms with Crippen molar-refractivity contribution in [1.82, 2.24) is 5.32 Å². The first-order valence-electron chi connectivity index (χ1n) is 6.97. The van der Waals surface area contributed by atoms with Crippen LogP contribution >= 0.6 is 0 Å². The normalized spacial score (nSPS) is 23.4. The summed E-state index contributed by atoms with van der Waals surface area (Å²) < 4.78 is 22.8. The van der Waals surface area contributed by atoms with Crippen LogP contribution in [0.15, 0.2) is 24.3 Å². The second-order valence-electron chi connectivity index (χ2n) is 5.70. The van der Waals surface area contributed by atoms with Crippen LogP contribution in [0.1, 0.15) is 30.9 Å². The smallest absolute Gasteiger partial charge is 0.151 e. The summed E-state index contributed by atoms with van der Waals surface area (Å²) >= 11 is 0. The Morgan fingerprint density at radius 2 is 2.21 bits per heavy atom. The first-order valence-corrected chi connectivity index (χ1v) is 8.79. The molecule has 0 aliphatic carbocycles. The largest absolute Gasteiger partial charge is 0.310 e. The lowest BCUT2D eigenvalue weighted by molar-refractivity contribution is 0.450. The molecule has 19 heavy (non-hydrogen) atoms. The van der Waals surface area contributed by atoms with E-state index in [0.29, 0.717) is 17.5 Å². The average Bonchev–Trinajstić information content (AvgIpc) is 2.66. The number of rotatable bonds is 5. The van der Waals surface area contributed by atoms with E-state index in [4.69, 9.17) is 0 Å². The number of sulfone groups is 1. The van der Waals surface area contributed by atoms with Gasteiger partial charge >= 0.3 is 0 Å². The molecule has 2 unspecified atom stereocenters. The lowest BCUT2D eigenvalue weighted by atomic mass is 10.0. The molecule has 0 radical (unpaired) electrons. The predicted octanol–water partition coefficient (Wildman–Crippen LogP) is 2.09. The van der Waals surface area contributed by atoms with Gasteiger partial charge in [-0.1, -0.05) is 29.8 Å². The molecule has 0 bridgehead atoms. The second kappa shape index (κ2) is 6.06. The molecule has 106 valence electrons. The molecule has 0 aromatic heterocycles. The minimum atomic E-state index is -2.78. The van der Waals surface area contributed by atoms with Gasteiger partial charge in [0, 0.05) is 12.1 Å². The molecule has 1 fully saturated rings.